The number of fused-ring (bicyclic) bond motifs is 1. The van der Waals surface area contributed by atoms with E-state index in [1.54, 1.807) is 16.2 Å². The van der Waals surface area contributed by atoms with Gasteiger partial charge in [0.2, 0.25) is 5.91 Å². The fourth-order valence-corrected chi connectivity index (χ4v) is 4.24. The molecule has 0 aliphatic carbocycles. The van der Waals surface area contributed by atoms with E-state index in [1.807, 2.05) is 56.4 Å². The van der Waals surface area contributed by atoms with Crippen molar-refractivity contribution in [3.8, 4) is 0 Å². The molecule has 124 valence electrons. The molecule has 3 aromatic rings. The predicted octanol–water partition coefficient (Wildman–Crippen LogP) is 5.26. The summed E-state index contributed by atoms with van der Waals surface area (Å²) < 4.78 is 1.15. The second-order valence-corrected chi connectivity index (χ2v) is 7.99. The van der Waals surface area contributed by atoms with Crippen molar-refractivity contribution in [2.75, 3.05) is 12.8 Å². The summed E-state index contributed by atoms with van der Waals surface area (Å²) in [6, 6.07) is 15.5. The van der Waals surface area contributed by atoms with Crippen LogP contribution in [0, 0.1) is 0 Å². The first kappa shape index (κ1) is 17.3. The standard InChI is InChI=1S/C18H17ClN2OS2/c1-12(18-20-15-5-3-4-6-16(15)24-18)21(2)17(22)11-23-14-9-7-13(19)8-10-14/h3-10,12H,11H2,1-2H3. The molecule has 1 aromatic heterocycles. The first-order chi connectivity index (χ1) is 11.5. The van der Waals surface area contributed by atoms with Crippen LogP contribution in [-0.2, 0) is 4.79 Å². The van der Waals surface area contributed by atoms with Gasteiger partial charge in [-0.15, -0.1) is 23.1 Å². The Morgan fingerprint density at radius 3 is 2.67 bits per heavy atom. The molecule has 0 N–H and O–H groups in total. The number of thiazole rings is 1. The number of halogens is 1. The molecule has 3 rings (SSSR count). The largest absolute Gasteiger partial charge is 0.336 e. The quantitative estimate of drug-likeness (QED) is 0.569. The van der Waals surface area contributed by atoms with Crippen LogP contribution in [0.15, 0.2) is 53.4 Å². The Bertz CT molecular complexity index is 815. The van der Waals surface area contributed by atoms with Crippen LogP contribution in [0.2, 0.25) is 5.02 Å². The van der Waals surface area contributed by atoms with Gasteiger partial charge in [0.15, 0.2) is 0 Å². The van der Waals surface area contributed by atoms with E-state index >= 15 is 0 Å². The Kier molecular flexibility index (Phi) is 5.43. The third kappa shape index (κ3) is 3.91. The number of nitrogens with zero attached hydrogens (tertiary/aromatic N) is 2. The molecular weight excluding hydrogens is 360 g/mol. The van der Waals surface area contributed by atoms with Gasteiger partial charge in [-0.1, -0.05) is 23.7 Å². The molecule has 2 aromatic carbocycles. The lowest BCUT2D eigenvalue weighted by molar-refractivity contribution is -0.128. The first-order valence-electron chi connectivity index (χ1n) is 7.54. The topological polar surface area (TPSA) is 33.2 Å². The van der Waals surface area contributed by atoms with Gasteiger partial charge in [0.25, 0.3) is 0 Å². The molecule has 0 bridgehead atoms. The van der Waals surface area contributed by atoms with E-state index in [9.17, 15) is 4.79 Å². The maximum absolute atomic E-state index is 12.5. The van der Waals surface area contributed by atoms with Crippen molar-refractivity contribution in [3.63, 3.8) is 0 Å². The molecule has 3 nitrogen and oxygen atoms in total. The van der Waals surface area contributed by atoms with Crippen molar-refractivity contribution in [2.45, 2.75) is 17.9 Å². The minimum absolute atomic E-state index is 0.0410. The van der Waals surface area contributed by atoms with Crippen molar-refractivity contribution < 1.29 is 4.79 Å². The third-order valence-electron chi connectivity index (χ3n) is 3.82. The van der Waals surface area contributed by atoms with Crippen LogP contribution in [0.3, 0.4) is 0 Å². The maximum atomic E-state index is 12.5. The summed E-state index contributed by atoms with van der Waals surface area (Å²) >= 11 is 9.03. The molecule has 1 atom stereocenters. The first-order valence-corrected chi connectivity index (χ1v) is 9.72. The lowest BCUT2D eigenvalue weighted by atomic mass is 10.3. The smallest absolute Gasteiger partial charge is 0.233 e. The molecule has 6 heteroatoms. The molecule has 0 saturated heterocycles. The highest BCUT2D eigenvalue weighted by molar-refractivity contribution is 8.00. The number of amides is 1. The van der Waals surface area contributed by atoms with Gasteiger partial charge < -0.3 is 4.90 Å². The van der Waals surface area contributed by atoms with Gasteiger partial charge in [-0.25, -0.2) is 4.98 Å². The Balaban J connectivity index is 1.64. The maximum Gasteiger partial charge on any atom is 0.233 e. The number of para-hydroxylation sites is 1. The van der Waals surface area contributed by atoms with Crippen LogP contribution in [0.1, 0.15) is 18.0 Å². The highest BCUT2D eigenvalue weighted by atomic mass is 35.5. The molecular formula is C18H17ClN2OS2. The number of hydrogen-bond acceptors (Lipinski definition) is 4. The summed E-state index contributed by atoms with van der Waals surface area (Å²) in [5, 5.41) is 1.66. The molecule has 1 amide bonds. The highest BCUT2D eigenvalue weighted by Crippen LogP contribution is 2.29. The van der Waals surface area contributed by atoms with Gasteiger partial charge in [-0.05, 0) is 43.3 Å². The monoisotopic (exact) mass is 376 g/mol. The zero-order chi connectivity index (χ0) is 17.1. The van der Waals surface area contributed by atoms with Crippen LogP contribution in [0.4, 0.5) is 0 Å². The van der Waals surface area contributed by atoms with Gasteiger partial charge in [0, 0.05) is 17.0 Å². The Hall–Kier alpha value is -1.56. The SMILES string of the molecule is CC(c1nc2ccccc2s1)N(C)C(=O)CSc1ccc(Cl)cc1. The second-order valence-electron chi connectivity index (χ2n) is 5.44. The zero-order valence-corrected chi connectivity index (χ0v) is 15.8. The molecule has 0 fully saturated rings. The van der Waals surface area contributed by atoms with Crippen LogP contribution < -0.4 is 0 Å². The van der Waals surface area contributed by atoms with E-state index in [1.165, 1.54) is 11.8 Å². The molecule has 0 aliphatic rings. The average Bonchev–Trinajstić information content (AvgIpc) is 3.03. The fraction of sp³-hybridized carbons (Fsp3) is 0.222. The van der Waals surface area contributed by atoms with Crippen molar-refractivity contribution in [1.82, 2.24) is 9.88 Å². The fourth-order valence-electron chi connectivity index (χ4n) is 2.23. The predicted molar refractivity (Wildman–Crippen MR) is 103 cm³/mol. The van der Waals surface area contributed by atoms with Crippen LogP contribution in [0.25, 0.3) is 10.2 Å². The van der Waals surface area contributed by atoms with Gasteiger partial charge in [0.05, 0.1) is 22.0 Å². The lowest BCUT2D eigenvalue weighted by Gasteiger charge is -2.23. The summed E-state index contributed by atoms with van der Waals surface area (Å²) in [5.41, 5.74) is 0.987. The summed E-state index contributed by atoms with van der Waals surface area (Å²) in [6.07, 6.45) is 0. The Morgan fingerprint density at radius 1 is 1.25 bits per heavy atom. The summed E-state index contributed by atoms with van der Waals surface area (Å²) in [7, 11) is 1.83. The number of hydrogen-bond donors (Lipinski definition) is 0. The van der Waals surface area contributed by atoms with Gasteiger partial charge in [-0.2, -0.15) is 0 Å². The number of carbonyl (C=O) groups is 1. The van der Waals surface area contributed by atoms with Crippen LogP contribution in [-0.4, -0.2) is 28.6 Å². The molecule has 0 spiro atoms. The van der Waals surface area contributed by atoms with Gasteiger partial charge >= 0.3 is 0 Å². The van der Waals surface area contributed by atoms with Crippen molar-refractivity contribution in [1.29, 1.82) is 0 Å². The average molecular weight is 377 g/mol. The van der Waals surface area contributed by atoms with Gasteiger partial charge in [-0.3, -0.25) is 4.79 Å². The Labute approximate surface area is 154 Å². The molecule has 0 saturated carbocycles. The number of aromatic nitrogens is 1. The molecule has 1 unspecified atom stereocenters. The van der Waals surface area contributed by atoms with Crippen LogP contribution in [0.5, 0.6) is 0 Å². The van der Waals surface area contributed by atoms with Gasteiger partial charge in [0.1, 0.15) is 5.01 Å². The van der Waals surface area contributed by atoms with E-state index in [0.717, 1.165) is 20.1 Å². The van der Waals surface area contributed by atoms with E-state index in [2.05, 4.69) is 11.1 Å². The van der Waals surface area contributed by atoms with E-state index in [-0.39, 0.29) is 11.9 Å². The minimum atomic E-state index is -0.0410. The Morgan fingerprint density at radius 2 is 1.96 bits per heavy atom. The highest BCUT2D eigenvalue weighted by Gasteiger charge is 2.20. The molecule has 0 radical (unpaired) electrons. The van der Waals surface area contributed by atoms with Crippen molar-refractivity contribution in [2.24, 2.45) is 0 Å². The summed E-state index contributed by atoms with van der Waals surface area (Å²) in [5.74, 6) is 0.481. The third-order valence-corrected chi connectivity index (χ3v) is 6.27. The number of carbonyl (C=O) groups excluding carboxylic acids is 1. The van der Waals surface area contributed by atoms with Crippen molar-refractivity contribution >= 4 is 50.8 Å². The van der Waals surface area contributed by atoms with E-state index in [0.29, 0.717) is 10.8 Å². The minimum Gasteiger partial charge on any atom is -0.336 e. The summed E-state index contributed by atoms with van der Waals surface area (Å²) in [6.45, 7) is 2.02. The lowest BCUT2D eigenvalue weighted by Crippen LogP contribution is -2.31. The molecule has 0 aliphatic heterocycles. The number of thioether (sulfide) groups is 1. The zero-order valence-electron chi connectivity index (χ0n) is 13.4. The number of benzene rings is 2. The van der Waals surface area contributed by atoms with E-state index < -0.39 is 0 Å². The molecule has 1 heterocycles. The van der Waals surface area contributed by atoms with Crippen molar-refractivity contribution in [3.05, 3.63) is 58.6 Å². The number of rotatable bonds is 5. The summed E-state index contributed by atoms with van der Waals surface area (Å²) in [4.78, 5) is 19.9. The molecule has 24 heavy (non-hydrogen) atoms. The van der Waals surface area contributed by atoms with Crippen LogP contribution >= 0.6 is 34.7 Å². The normalized spacial score (nSPS) is 12.3. The second kappa shape index (κ2) is 7.55. The van der Waals surface area contributed by atoms with E-state index in [4.69, 9.17) is 11.6 Å².